The molecule has 0 radical (unpaired) electrons. The van der Waals surface area contributed by atoms with E-state index in [0.717, 1.165) is 13.8 Å². The van der Waals surface area contributed by atoms with Crippen LogP contribution < -0.4 is 0 Å². The third-order valence-corrected chi connectivity index (χ3v) is 3.88. The number of hydrogen-bond acceptors (Lipinski definition) is 1. The first kappa shape index (κ1) is 16.5. The second kappa shape index (κ2) is 7.76. The molecule has 3 unspecified atom stereocenters. The average Bonchev–Trinajstić information content (AvgIpc) is 2.26. The van der Waals surface area contributed by atoms with E-state index in [1.807, 2.05) is 0 Å². The highest BCUT2D eigenvalue weighted by Crippen LogP contribution is 2.19. The maximum atomic E-state index is 4.14. The average molecular weight is 235 g/mol. The Kier molecular flexibility index (Phi) is 7.53. The third kappa shape index (κ3) is 6.11. The fourth-order valence-electron chi connectivity index (χ4n) is 2.22. The van der Waals surface area contributed by atoms with Crippen molar-refractivity contribution in [2.75, 3.05) is 13.6 Å². The topological polar surface area (TPSA) is 3.24 Å². The van der Waals surface area contributed by atoms with E-state index in [2.05, 4.69) is 59.6 Å². The van der Waals surface area contributed by atoms with Crippen LogP contribution in [-0.2, 0) is 0 Å². The van der Waals surface area contributed by atoms with Crippen LogP contribution in [0.3, 0.4) is 0 Å². The molecule has 0 fully saturated rings. The fraction of sp³-hybridized carbons (Fsp3) is 0.733. The number of hydrogen-bond donors (Lipinski definition) is 0. The quantitative estimate of drug-likeness (QED) is 0.459. The SMILES string of the molecule is C=C(BC)C(C)CC(C)CN(C)C(C)C(=C)C. The van der Waals surface area contributed by atoms with Crippen LogP contribution in [0.4, 0.5) is 0 Å². The zero-order chi connectivity index (χ0) is 13.6. The summed E-state index contributed by atoms with van der Waals surface area (Å²) in [6, 6.07) is 0.474. The number of rotatable bonds is 8. The van der Waals surface area contributed by atoms with E-state index in [-0.39, 0.29) is 0 Å². The molecule has 0 aromatic carbocycles. The molecule has 0 aliphatic rings. The van der Waals surface area contributed by atoms with Gasteiger partial charge in [0, 0.05) is 12.6 Å². The molecule has 17 heavy (non-hydrogen) atoms. The molecule has 0 heterocycles. The summed E-state index contributed by atoms with van der Waals surface area (Å²) < 4.78 is 0. The summed E-state index contributed by atoms with van der Waals surface area (Å²) >= 11 is 0. The summed E-state index contributed by atoms with van der Waals surface area (Å²) in [4.78, 5) is 2.40. The molecular weight excluding hydrogens is 205 g/mol. The molecule has 0 spiro atoms. The molecule has 0 bridgehead atoms. The van der Waals surface area contributed by atoms with E-state index in [0.29, 0.717) is 17.9 Å². The Balaban J connectivity index is 4.13. The summed E-state index contributed by atoms with van der Waals surface area (Å²) in [5.41, 5.74) is 2.62. The van der Waals surface area contributed by atoms with Gasteiger partial charge in [0.05, 0.1) is 0 Å². The van der Waals surface area contributed by atoms with Crippen molar-refractivity contribution in [1.82, 2.24) is 4.90 Å². The van der Waals surface area contributed by atoms with Gasteiger partial charge in [0.15, 0.2) is 0 Å². The third-order valence-electron chi connectivity index (χ3n) is 3.88. The molecule has 0 aliphatic heterocycles. The van der Waals surface area contributed by atoms with Gasteiger partial charge in [-0.25, -0.2) is 0 Å². The molecule has 3 atom stereocenters. The first-order chi connectivity index (χ1) is 7.79. The summed E-state index contributed by atoms with van der Waals surface area (Å²) in [5, 5.41) is 0. The van der Waals surface area contributed by atoms with Crippen molar-refractivity contribution in [2.45, 2.75) is 47.0 Å². The molecule has 0 aromatic rings. The van der Waals surface area contributed by atoms with Gasteiger partial charge in [-0.1, -0.05) is 32.8 Å². The maximum absolute atomic E-state index is 4.14. The molecule has 0 aliphatic carbocycles. The smallest absolute Gasteiger partial charge is 0.148 e. The Morgan fingerprint density at radius 3 is 2.18 bits per heavy atom. The van der Waals surface area contributed by atoms with Gasteiger partial charge >= 0.3 is 0 Å². The second-order valence-electron chi connectivity index (χ2n) is 5.72. The highest BCUT2D eigenvalue weighted by atomic mass is 15.1. The second-order valence-corrected chi connectivity index (χ2v) is 5.72. The lowest BCUT2D eigenvalue weighted by Crippen LogP contribution is -2.34. The highest BCUT2D eigenvalue weighted by molar-refractivity contribution is 6.43. The van der Waals surface area contributed by atoms with Crippen molar-refractivity contribution in [2.24, 2.45) is 11.8 Å². The van der Waals surface area contributed by atoms with Gasteiger partial charge in [-0.15, -0.1) is 12.1 Å². The molecule has 0 saturated heterocycles. The lowest BCUT2D eigenvalue weighted by atomic mass is 9.66. The summed E-state index contributed by atoms with van der Waals surface area (Å²) in [5.74, 6) is 1.35. The van der Waals surface area contributed by atoms with E-state index in [1.165, 1.54) is 17.5 Å². The molecule has 98 valence electrons. The predicted octanol–water partition coefficient (Wildman–Crippen LogP) is 3.54. The zero-order valence-electron chi connectivity index (χ0n) is 12.7. The first-order valence-electron chi connectivity index (χ1n) is 6.82. The van der Waals surface area contributed by atoms with Crippen LogP contribution in [0.2, 0.25) is 6.82 Å². The van der Waals surface area contributed by atoms with Crippen molar-refractivity contribution in [3.63, 3.8) is 0 Å². The van der Waals surface area contributed by atoms with Crippen molar-refractivity contribution >= 4 is 7.28 Å². The number of likely N-dealkylation sites (N-methyl/N-ethyl adjacent to an activating group) is 1. The van der Waals surface area contributed by atoms with Crippen LogP contribution in [0.15, 0.2) is 24.2 Å². The molecule has 2 heteroatoms. The van der Waals surface area contributed by atoms with Crippen molar-refractivity contribution in [1.29, 1.82) is 0 Å². The van der Waals surface area contributed by atoms with Gasteiger partial charge in [-0.2, -0.15) is 0 Å². The van der Waals surface area contributed by atoms with E-state index < -0.39 is 0 Å². The Hall–Kier alpha value is -0.495. The van der Waals surface area contributed by atoms with Crippen molar-refractivity contribution in [3.05, 3.63) is 24.2 Å². The highest BCUT2D eigenvalue weighted by Gasteiger charge is 2.16. The zero-order valence-corrected chi connectivity index (χ0v) is 12.7. The van der Waals surface area contributed by atoms with Gasteiger partial charge in [-0.05, 0) is 39.2 Å². The van der Waals surface area contributed by atoms with Crippen LogP contribution >= 0.6 is 0 Å². The van der Waals surface area contributed by atoms with E-state index in [4.69, 9.17) is 0 Å². The Bertz CT molecular complexity index is 260. The van der Waals surface area contributed by atoms with Gasteiger partial charge in [-0.3, -0.25) is 4.90 Å². The minimum absolute atomic E-state index is 0.474. The van der Waals surface area contributed by atoms with Gasteiger partial charge < -0.3 is 0 Å². The van der Waals surface area contributed by atoms with Crippen molar-refractivity contribution < 1.29 is 0 Å². The lowest BCUT2D eigenvalue weighted by Gasteiger charge is -2.29. The fourth-order valence-corrected chi connectivity index (χ4v) is 2.22. The molecule has 1 nitrogen and oxygen atoms in total. The van der Waals surface area contributed by atoms with Crippen LogP contribution in [0.25, 0.3) is 0 Å². The largest absolute Gasteiger partial charge is 0.300 e. The minimum atomic E-state index is 0.474. The van der Waals surface area contributed by atoms with Gasteiger partial charge in [0.1, 0.15) is 7.28 Å². The summed E-state index contributed by atoms with van der Waals surface area (Å²) in [6.45, 7) is 20.5. The molecule has 0 N–H and O–H groups in total. The Morgan fingerprint density at radius 2 is 1.76 bits per heavy atom. The maximum Gasteiger partial charge on any atom is 0.148 e. The Morgan fingerprint density at radius 1 is 1.24 bits per heavy atom. The monoisotopic (exact) mass is 235 g/mol. The van der Waals surface area contributed by atoms with Crippen LogP contribution in [-0.4, -0.2) is 31.8 Å². The first-order valence-corrected chi connectivity index (χ1v) is 6.82. The molecule has 0 amide bonds. The standard InChI is InChI=1S/C15H30BN/c1-11(2)15(6)17(8)10-12(3)9-13(4)14(5)16-7/h12-13,15-16H,1,5,9-10H2,2-4,6-8H3. The number of allylic oxidation sites excluding steroid dienone is 1. The van der Waals surface area contributed by atoms with Gasteiger partial charge in [0.2, 0.25) is 0 Å². The van der Waals surface area contributed by atoms with Crippen LogP contribution in [0, 0.1) is 11.8 Å². The van der Waals surface area contributed by atoms with Crippen LogP contribution in [0.1, 0.15) is 34.1 Å². The molecule has 0 aromatic heterocycles. The lowest BCUT2D eigenvalue weighted by molar-refractivity contribution is 0.235. The number of nitrogens with zero attached hydrogens (tertiary/aromatic N) is 1. The van der Waals surface area contributed by atoms with Gasteiger partial charge in [0.25, 0.3) is 0 Å². The Labute approximate surface area is 109 Å². The van der Waals surface area contributed by atoms with E-state index >= 15 is 0 Å². The molecule has 0 saturated carbocycles. The minimum Gasteiger partial charge on any atom is -0.300 e. The van der Waals surface area contributed by atoms with E-state index in [1.54, 1.807) is 0 Å². The van der Waals surface area contributed by atoms with Crippen LogP contribution in [0.5, 0.6) is 0 Å². The predicted molar refractivity (Wildman–Crippen MR) is 82.0 cm³/mol. The molecule has 0 rings (SSSR count). The van der Waals surface area contributed by atoms with Crippen molar-refractivity contribution in [3.8, 4) is 0 Å². The van der Waals surface area contributed by atoms with E-state index in [9.17, 15) is 0 Å². The summed E-state index contributed by atoms with van der Waals surface area (Å²) in [7, 11) is 3.29. The molecular formula is C15H30BN. The summed E-state index contributed by atoms with van der Waals surface area (Å²) in [6.07, 6.45) is 1.24. The normalized spacial score (nSPS) is 16.4.